The van der Waals surface area contributed by atoms with Crippen LogP contribution in [-0.4, -0.2) is 60.0 Å². The van der Waals surface area contributed by atoms with E-state index in [9.17, 15) is 13.2 Å². The number of nitrogens with one attached hydrogen (secondary N) is 1. The van der Waals surface area contributed by atoms with Gasteiger partial charge in [0.05, 0.1) is 18.6 Å². The van der Waals surface area contributed by atoms with Crippen LogP contribution in [-0.2, 0) is 10.0 Å². The second kappa shape index (κ2) is 8.45. The second-order valence-electron chi connectivity index (χ2n) is 6.48. The monoisotopic (exact) mass is 416 g/mol. The number of hydrogen-bond donors (Lipinski definition) is 1. The highest BCUT2D eigenvalue weighted by Gasteiger charge is 2.28. The fourth-order valence-corrected chi connectivity index (χ4v) is 4.22. The van der Waals surface area contributed by atoms with Crippen LogP contribution in [0.5, 0.6) is 5.75 Å². The van der Waals surface area contributed by atoms with E-state index in [4.69, 9.17) is 4.74 Å². The highest BCUT2D eigenvalue weighted by Crippen LogP contribution is 2.22. The van der Waals surface area contributed by atoms with E-state index in [0.29, 0.717) is 42.5 Å². The molecule has 3 rings (SSSR count). The lowest BCUT2D eigenvalue weighted by molar-refractivity contribution is 0.0915. The molecule has 2 aromatic heterocycles. The Bertz CT molecular complexity index is 928. The van der Waals surface area contributed by atoms with Crippen molar-refractivity contribution in [2.75, 3.05) is 26.0 Å². The molecule has 8 nitrogen and oxygen atoms in total. The van der Waals surface area contributed by atoms with Gasteiger partial charge < -0.3 is 10.1 Å². The van der Waals surface area contributed by atoms with Crippen LogP contribution in [0.15, 0.2) is 18.3 Å². The molecule has 0 aliphatic carbocycles. The summed E-state index contributed by atoms with van der Waals surface area (Å²) in [6.07, 6.45) is 4.44. The molecule has 0 aromatic carbocycles. The molecule has 27 heavy (non-hydrogen) atoms. The van der Waals surface area contributed by atoms with Crippen LogP contribution in [0.1, 0.15) is 35.9 Å². The summed E-state index contributed by atoms with van der Waals surface area (Å²) in [5, 5.41) is 2.96. The van der Waals surface area contributed by atoms with Crippen molar-refractivity contribution < 1.29 is 17.9 Å². The molecule has 1 aliphatic rings. The summed E-state index contributed by atoms with van der Waals surface area (Å²) in [6, 6.07) is 3.41. The number of carbonyl (C=O) groups excluding carboxylic acids is 1. The summed E-state index contributed by atoms with van der Waals surface area (Å²) in [5.74, 6) is 0.363. The van der Waals surface area contributed by atoms with E-state index < -0.39 is 10.0 Å². The predicted molar refractivity (Wildman–Crippen MR) is 105 cm³/mol. The van der Waals surface area contributed by atoms with Crippen molar-refractivity contribution in [1.29, 1.82) is 0 Å². The maximum Gasteiger partial charge on any atom is 0.270 e. The van der Waals surface area contributed by atoms with Gasteiger partial charge in [-0.15, -0.1) is 12.4 Å². The zero-order chi connectivity index (χ0) is 18.9. The van der Waals surface area contributed by atoms with Gasteiger partial charge in [0.15, 0.2) is 11.4 Å². The number of carbonyl (C=O) groups is 1. The number of nitrogens with zero attached hydrogens (tertiary/aromatic N) is 3. The second-order valence-corrected chi connectivity index (χ2v) is 8.46. The Labute approximate surface area is 165 Å². The molecular formula is C17H25ClN4O4S. The number of amides is 1. The highest BCUT2D eigenvalue weighted by molar-refractivity contribution is 7.88. The Balaban J connectivity index is 0.00000261. The quantitative estimate of drug-likeness (QED) is 0.799. The van der Waals surface area contributed by atoms with Crippen molar-refractivity contribution in [3.63, 3.8) is 0 Å². The van der Waals surface area contributed by atoms with E-state index >= 15 is 0 Å². The third kappa shape index (κ3) is 4.53. The fraction of sp³-hybridized carbons (Fsp3) is 0.529. The van der Waals surface area contributed by atoms with Gasteiger partial charge in [0.2, 0.25) is 10.0 Å². The van der Waals surface area contributed by atoms with Gasteiger partial charge in [0.1, 0.15) is 5.69 Å². The number of imidazole rings is 1. The smallest absolute Gasteiger partial charge is 0.270 e. The van der Waals surface area contributed by atoms with Gasteiger partial charge in [0, 0.05) is 25.3 Å². The molecule has 1 saturated heterocycles. The van der Waals surface area contributed by atoms with Crippen LogP contribution in [0.25, 0.3) is 5.65 Å². The first-order valence-corrected chi connectivity index (χ1v) is 10.5. The van der Waals surface area contributed by atoms with E-state index in [1.807, 2.05) is 19.1 Å². The molecule has 150 valence electrons. The SMILES string of the molecule is CCOc1cccn2c(C(=O)N[C@H]3CCCN(S(C)(=O)=O)C3)c(C)nc12.Cl. The van der Waals surface area contributed by atoms with Crippen molar-refractivity contribution in [3.05, 3.63) is 29.7 Å². The minimum absolute atomic E-state index is 0. The zero-order valence-electron chi connectivity index (χ0n) is 15.6. The number of piperidine rings is 1. The third-order valence-corrected chi connectivity index (χ3v) is 5.76. The highest BCUT2D eigenvalue weighted by atomic mass is 35.5. The summed E-state index contributed by atoms with van der Waals surface area (Å²) >= 11 is 0. The Hall–Kier alpha value is -1.84. The summed E-state index contributed by atoms with van der Waals surface area (Å²) in [4.78, 5) is 17.3. The van der Waals surface area contributed by atoms with Crippen LogP contribution >= 0.6 is 12.4 Å². The molecule has 1 amide bonds. The number of aromatic nitrogens is 2. The van der Waals surface area contributed by atoms with Gasteiger partial charge >= 0.3 is 0 Å². The van der Waals surface area contributed by atoms with Gasteiger partial charge in [-0.1, -0.05) is 0 Å². The van der Waals surface area contributed by atoms with Crippen LogP contribution in [0, 0.1) is 6.92 Å². The topological polar surface area (TPSA) is 93.0 Å². The number of aryl methyl sites for hydroxylation is 1. The molecule has 3 heterocycles. The van der Waals surface area contributed by atoms with Gasteiger partial charge in [-0.25, -0.2) is 17.7 Å². The van der Waals surface area contributed by atoms with Crippen molar-refractivity contribution in [3.8, 4) is 5.75 Å². The van der Waals surface area contributed by atoms with Crippen molar-refractivity contribution in [1.82, 2.24) is 19.0 Å². The van der Waals surface area contributed by atoms with E-state index in [1.165, 1.54) is 10.6 Å². The minimum Gasteiger partial charge on any atom is -0.490 e. The van der Waals surface area contributed by atoms with Gasteiger partial charge in [-0.05, 0) is 38.8 Å². The largest absolute Gasteiger partial charge is 0.490 e. The van der Waals surface area contributed by atoms with Gasteiger partial charge in [-0.2, -0.15) is 0 Å². The Morgan fingerprint density at radius 1 is 1.44 bits per heavy atom. The summed E-state index contributed by atoms with van der Waals surface area (Å²) in [7, 11) is -3.26. The molecule has 0 radical (unpaired) electrons. The number of pyridine rings is 1. The molecule has 0 bridgehead atoms. The average Bonchev–Trinajstić information content (AvgIpc) is 2.91. The normalized spacial score (nSPS) is 18.1. The molecule has 1 N–H and O–H groups in total. The first-order valence-electron chi connectivity index (χ1n) is 8.67. The summed E-state index contributed by atoms with van der Waals surface area (Å²) in [6.45, 7) is 4.98. The standard InChI is InChI=1S/C17H24N4O4S.ClH/c1-4-25-14-8-6-10-21-15(12(2)18-16(14)21)17(22)19-13-7-5-9-20(11-13)26(3,23)24;/h6,8,10,13H,4-5,7,9,11H2,1-3H3,(H,19,22);1H/t13-;/m0./s1. The van der Waals surface area contributed by atoms with Crippen molar-refractivity contribution in [2.45, 2.75) is 32.7 Å². The Morgan fingerprint density at radius 2 is 2.19 bits per heavy atom. The van der Waals surface area contributed by atoms with E-state index in [2.05, 4.69) is 10.3 Å². The molecule has 0 spiro atoms. The zero-order valence-corrected chi connectivity index (χ0v) is 17.3. The van der Waals surface area contributed by atoms with Crippen LogP contribution in [0.3, 0.4) is 0 Å². The molecule has 2 aromatic rings. The number of halogens is 1. The molecule has 10 heteroatoms. The fourth-order valence-electron chi connectivity index (χ4n) is 3.31. The summed E-state index contributed by atoms with van der Waals surface area (Å²) < 4.78 is 32.2. The number of hydrogen-bond acceptors (Lipinski definition) is 5. The lowest BCUT2D eigenvalue weighted by Crippen LogP contribution is -2.49. The predicted octanol–water partition coefficient (Wildman–Crippen LogP) is 1.62. The molecule has 1 atom stereocenters. The van der Waals surface area contributed by atoms with Crippen molar-refractivity contribution in [2.24, 2.45) is 0 Å². The molecule has 0 unspecified atom stereocenters. The number of sulfonamides is 1. The van der Waals surface area contributed by atoms with Crippen molar-refractivity contribution >= 4 is 34.0 Å². The lowest BCUT2D eigenvalue weighted by Gasteiger charge is -2.31. The lowest BCUT2D eigenvalue weighted by atomic mass is 10.1. The third-order valence-electron chi connectivity index (χ3n) is 4.49. The number of rotatable bonds is 5. The average molecular weight is 417 g/mol. The molecule has 0 saturated carbocycles. The molecular weight excluding hydrogens is 392 g/mol. The van der Waals surface area contributed by atoms with Crippen LogP contribution in [0.4, 0.5) is 0 Å². The maximum atomic E-state index is 12.9. The van der Waals surface area contributed by atoms with Gasteiger partial charge in [0.25, 0.3) is 5.91 Å². The van der Waals surface area contributed by atoms with Crippen LogP contribution in [0.2, 0.25) is 0 Å². The minimum atomic E-state index is -3.26. The maximum absolute atomic E-state index is 12.9. The molecule has 1 aliphatic heterocycles. The van der Waals surface area contributed by atoms with E-state index in [-0.39, 0.29) is 24.4 Å². The van der Waals surface area contributed by atoms with E-state index in [0.717, 1.165) is 12.8 Å². The Kier molecular flexibility index (Phi) is 6.72. The summed E-state index contributed by atoms with van der Waals surface area (Å²) in [5.41, 5.74) is 1.64. The number of fused-ring (bicyclic) bond motifs is 1. The first kappa shape index (κ1) is 21.5. The first-order chi connectivity index (χ1) is 12.3. The van der Waals surface area contributed by atoms with E-state index in [1.54, 1.807) is 17.5 Å². The Morgan fingerprint density at radius 3 is 2.85 bits per heavy atom. The molecule has 1 fully saturated rings. The van der Waals surface area contributed by atoms with Gasteiger partial charge in [-0.3, -0.25) is 9.20 Å². The number of ether oxygens (including phenoxy) is 1. The van der Waals surface area contributed by atoms with Crippen LogP contribution < -0.4 is 10.1 Å².